The van der Waals surface area contributed by atoms with Crippen molar-refractivity contribution in [1.29, 1.82) is 0 Å². The van der Waals surface area contributed by atoms with Crippen LogP contribution in [0.25, 0.3) is 0 Å². The Balaban J connectivity index is 1.78. The summed E-state index contributed by atoms with van der Waals surface area (Å²) in [6, 6.07) is 33.4. The second kappa shape index (κ2) is 8.35. The van der Waals surface area contributed by atoms with Crippen LogP contribution in [0.2, 0.25) is 0 Å². The van der Waals surface area contributed by atoms with E-state index in [1.54, 1.807) is 13.2 Å². The summed E-state index contributed by atoms with van der Waals surface area (Å²) in [5, 5.41) is 10.6. The van der Waals surface area contributed by atoms with Gasteiger partial charge in [-0.3, -0.25) is 4.79 Å². The van der Waals surface area contributed by atoms with Gasteiger partial charge < -0.3 is 9.84 Å². The molecule has 0 saturated heterocycles. The van der Waals surface area contributed by atoms with Crippen LogP contribution in [0.1, 0.15) is 44.4 Å². The summed E-state index contributed by atoms with van der Waals surface area (Å²) in [5.41, 5.74) is 4.83. The lowest BCUT2D eigenvalue weighted by atomic mass is 9.75. The first-order valence-electron chi connectivity index (χ1n) is 10.8. The van der Waals surface area contributed by atoms with Gasteiger partial charge in [-0.2, -0.15) is 0 Å². The molecule has 3 heteroatoms. The van der Waals surface area contributed by atoms with Crippen molar-refractivity contribution >= 4 is 5.78 Å². The zero-order valence-corrected chi connectivity index (χ0v) is 17.8. The van der Waals surface area contributed by atoms with E-state index in [2.05, 4.69) is 24.3 Å². The molecule has 0 radical (unpaired) electrons. The van der Waals surface area contributed by atoms with Crippen LogP contribution in [-0.2, 0) is 0 Å². The second-order valence-corrected chi connectivity index (χ2v) is 8.19. The van der Waals surface area contributed by atoms with Gasteiger partial charge in [0.2, 0.25) is 0 Å². The van der Waals surface area contributed by atoms with Crippen molar-refractivity contribution in [1.82, 2.24) is 0 Å². The topological polar surface area (TPSA) is 46.5 Å². The Morgan fingerprint density at radius 2 is 1.19 bits per heavy atom. The van der Waals surface area contributed by atoms with Crippen LogP contribution >= 0.6 is 0 Å². The first-order valence-corrected chi connectivity index (χ1v) is 10.8. The van der Waals surface area contributed by atoms with E-state index in [-0.39, 0.29) is 29.3 Å². The number of carbonyl (C=O) groups excluding carboxylic acids is 1. The Labute approximate surface area is 187 Å². The van der Waals surface area contributed by atoms with E-state index in [0.717, 1.165) is 22.3 Å². The summed E-state index contributed by atoms with van der Waals surface area (Å²) in [6.07, 6.45) is 0. The molecular formula is C29H24O3. The van der Waals surface area contributed by atoms with Crippen LogP contribution in [0.4, 0.5) is 0 Å². The van der Waals surface area contributed by atoms with Crippen molar-refractivity contribution in [2.75, 3.05) is 7.11 Å². The molecule has 0 saturated carbocycles. The lowest BCUT2D eigenvalue weighted by molar-refractivity contribution is 0.0904. The Morgan fingerprint density at radius 3 is 1.69 bits per heavy atom. The van der Waals surface area contributed by atoms with Gasteiger partial charge in [0.05, 0.1) is 7.11 Å². The molecule has 0 amide bonds. The van der Waals surface area contributed by atoms with Crippen LogP contribution in [0, 0.1) is 5.92 Å². The molecule has 1 aliphatic carbocycles. The number of fused-ring (bicyclic) bond motifs is 1. The third-order valence-corrected chi connectivity index (χ3v) is 6.45. The largest absolute Gasteiger partial charge is 0.504 e. The fourth-order valence-electron chi connectivity index (χ4n) is 5.07. The first-order chi connectivity index (χ1) is 15.7. The van der Waals surface area contributed by atoms with Crippen LogP contribution in [0.15, 0.2) is 103 Å². The number of phenols is 1. The second-order valence-electron chi connectivity index (χ2n) is 8.19. The number of hydrogen-bond acceptors (Lipinski definition) is 3. The molecule has 0 aromatic heterocycles. The van der Waals surface area contributed by atoms with Crippen LogP contribution < -0.4 is 4.74 Å². The highest BCUT2D eigenvalue weighted by atomic mass is 16.5. The summed E-state index contributed by atoms with van der Waals surface area (Å²) in [7, 11) is 1.55. The summed E-state index contributed by atoms with van der Waals surface area (Å²) in [6.45, 7) is 0. The van der Waals surface area contributed by atoms with Crippen molar-refractivity contribution in [3.05, 3.63) is 131 Å². The third-order valence-electron chi connectivity index (χ3n) is 6.45. The summed E-state index contributed by atoms with van der Waals surface area (Å²) < 4.78 is 5.44. The van der Waals surface area contributed by atoms with Gasteiger partial charge in [0.15, 0.2) is 17.3 Å². The normalized spacial score (nSPS) is 19.3. The maximum absolute atomic E-state index is 14.0. The zero-order valence-electron chi connectivity index (χ0n) is 17.8. The number of ether oxygens (including phenoxy) is 1. The highest BCUT2D eigenvalue weighted by molar-refractivity contribution is 6.00. The maximum Gasteiger partial charge on any atom is 0.167 e. The van der Waals surface area contributed by atoms with E-state index < -0.39 is 0 Å². The van der Waals surface area contributed by atoms with E-state index in [4.69, 9.17) is 4.74 Å². The van der Waals surface area contributed by atoms with Gasteiger partial charge in [-0.1, -0.05) is 91.0 Å². The number of Topliss-reactive ketones (excluding diaryl/α,β-unsaturated/α-hetero) is 1. The maximum atomic E-state index is 14.0. The van der Waals surface area contributed by atoms with Gasteiger partial charge in [-0.25, -0.2) is 0 Å². The molecule has 0 unspecified atom stereocenters. The van der Waals surface area contributed by atoms with Crippen molar-refractivity contribution in [2.45, 2.75) is 11.8 Å². The van der Waals surface area contributed by atoms with E-state index >= 15 is 0 Å². The zero-order chi connectivity index (χ0) is 22.1. The standard InChI is InChI=1S/C29H24O3/c1-32-25-18-23-22(17-24(25)30)26(19-11-5-2-6-12-19)28(27(23)20-13-7-3-8-14-20)29(31)21-15-9-4-10-16-21/h2-18,26-28,30H,1H3/t26-,27+,28+/m0/s1. The molecule has 3 nitrogen and oxygen atoms in total. The molecule has 0 heterocycles. The number of benzene rings is 4. The van der Waals surface area contributed by atoms with Crippen molar-refractivity contribution in [3.8, 4) is 11.5 Å². The van der Waals surface area contributed by atoms with Crippen LogP contribution in [0.5, 0.6) is 11.5 Å². The number of ketones is 1. The molecule has 0 aliphatic heterocycles. The quantitative estimate of drug-likeness (QED) is 0.392. The number of hydrogen-bond donors (Lipinski definition) is 1. The fraction of sp³-hybridized carbons (Fsp3) is 0.138. The van der Waals surface area contributed by atoms with Gasteiger partial charge in [-0.05, 0) is 34.4 Å². The molecule has 0 bridgehead atoms. The highest BCUT2D eigenvalue weighted by Gasteiger charge is 2.46. The Hall–Kier alpha value is -3.85. The summed E-state index contributed by atoms with van der Waals surface area (Å²) >= 11 is 0. The molecule has 5 rings (SSSR count). The fourth-order valence-corrected chi connectivity index (χ4v) is 5.07. The Bertz CT molecular complexity index is 1230. The molecule has 158 valence electrons. The minimum absolute atomic E-state index is 0.0896. The number of methoxy groups -OCH3 is 1. The lowest BCUT2D eigenvalue weighted by Crippen LogP contribution is -2.24. The van der Waals surface area contributed by atoms with Crippen LogP contribution in [0.3, 0.4) is 0 Å². The first kappa shape index (κ1) is 20.1. The highest BCUT2D eigenvalue weighted by Crippen LogP contribution is 2.55. The van der Waals surface area contributed by atoms with Gasteiger partial charge >= 0.3 is 0 Å². The molecule has 3 atom stereocenters. The van der Waals surface area contributed by atoms with E-state index in [9.17, 15) is 9.90 Å². The van der Waals surface area contributed by atoms with Gasteiger partial charge in [0.25, 0.3) is 0 Å². The smallest absolute Gasteiger partial charge is 0.167 e. The van der Waals surface area contributed by atoms with Crippen LogP contribution in [-0.4, -0.2) is 18.0 Å². The van der Waals surface area contributed by atoms with Crippen molar-refractivity contribution in [3.63, 3.8) is 0 Å². The van der Waals surface area contributed by atoms with Gasteiger partial charge in [-0.15, -0.1) is 0 Å². The molecule has 0 fully saturated rings. The molecule has 0 spiro atoms. The third kappa shape index (κ3) is 3.36. The number of aromatic hydroxyl groups is 1. The van der Waals surface area contributed by atoms with Crippen molar-refractivity contribution in [2.24, 2.45) is 5.92 Å². The molecular weight excluding hydrogens is 396 g/mol. The lowest BCUT2D eigenvalue weighted by Gasteiger charge is -2.25. The minimum Gasteiger partial charge on any atom is -0.504 e. The van der Waals surface area contributed by atoms with Crippen molar-refractivity contribution < 1.29 is 14.6 Å². The number of phenolic OH excluding ortho intramolecular Hbond substituents is 1. The summed E-state index contributed by atoms with van der Waals surface area (Å²) in [4.78, 5) is 14.0. The minimum atomic E-state index is -0.344. The Morgan fingerprint density at radius 1 is 0.719 bits per heavy atom. The van der Waals surface area contributed by atoms with E-state index in [0.29, 0.717) is 11.3 Å². The number of carbonyl (C=O) groups is 1. The average Bonchev–Trinajstić information content (AvgIpc) is 3.18. The van der Waals surface area contributed by atoms with E-state index in [1.807, 2.05) is 72.8 Å². The molecule has 4 aromatic carbocycles. The van der Waals surface area contributed by atoms with E-state index in [1.165, 1.54) is 0 Å². The van der Waals surface area contributed by atoms with Gasteiger partial charge in [0, 0.05) is 23.3 Å². The SMILES string of the molecule is COc1cc2c(cc1O)[C@H](c1ccccc1)[C@@H](C(=O)c1ccccc1)[C@@H]2c1ccccc1. The van der Waals surface area contributed by atoms with Gasteiger partial charge in [0.1, 0.15) is 0 Å². The predicted octanol–water partition coefficient (Wildman–Crippen LogP) is 6.18. The molecule has 4 aromatic rings. The number of rotatable bonds is 5. The average molecular weight is 421 g/mol. The summed E-state index contributed by atoms with van der Waals surface area (Å²) in [5.74, 6) is -0.0673. The predicted molar refractivity (Wildman–Crippen MR) is 125 cm³/mol. The molecule has 32 heavy (non-hydrogen) atoms. The Kier molecular flexibility index (Phi) is 5.24. The molecule has 1 aliphatic rings. The molecule has 1 N–H and O–H groups in total. The monoisotopic (exact) mass is 420 g/mol.